The van der Waals surface area contributed by atoms with Gasteiger partial charge in [-0.1, -0.05) is 18.2 Å². The van der Waals surface area contributed by atoms with E-state index in [4.69, 9.17) is 0 Å². The molecule has 0 aliphatic carbocycles. The number of amides is 2. The topological polar surface area (TPSA) is 107 Å². The third kappa shape index (κ3) is 2.74. The largest absolute Gasteiger partial charge is 0.465 e. The number of rotatable bonds is 4. The summed E-state index contributed by atoms with van der Waals surface area (Å²) in [6, 6.07) is 10.3. The summed E-state index contributed by atoms with van der Waals surface area (Å²) in [5.74, 6) is -1.76. The van der Waals surface area contributed by atoms with E-state index in [1.165, 1.54) is 12.1 Å². The van der Waals surface area contributed by atoms with Gasteiger partial charge in [0, 0.05) is 6.07 Å². The molecule has 1 aliphatic rings. The molecule has 0 bridgehead atoms. The Labute approximate surface area is 141 Å². The molecule has 0 saturated carbocycles. The highest BCUT2D eigenvalue weighted by atomic mass is 16.6. The summed E-state index contributed by atoms with van der Waals surface area (Å²) < 4.78 is 4.55. The van der Waals surface area contributed by atoms with E-state index in [2.05, 4.69) is 4.74 Å². The van der Waals surface area contributed by atoms with Crippen LogP contribution in [-0.4, -0.2) is 34.7 Å². The molecular weight excluding hydrogens is 328 g/mol. The lowest BCUT2D eigenvalue weighted by molar-refractivity contribution is -0.385. The highest BCUT2D eigenvalue weighted by Gasteiger charge is 2.35. The van der Waals surface area contributed by atoms with Crippen molar-refractivity contribution < 1.29 is 24.0 Å². The Bertz CT molecular complexity index is 886. The van der Waals surface area contributed by atoms with Crippen molar-refractivity contribution in [3.63, 3.8) is 0 Å². The maximum absolute atomic E-state index is 12.4. The van der Waals surface area contributed by atoms with Crippen LogP contribution >= 0.6 is 0 Å². The maximum atomic E-state index is 12.4. The van der Waals surface area contributed by atoms with Crippen LogP contribution in [0.3, 0.4) is 0 Å². The van der Waals surface area contributed by atoms with Crippen molar-refractivity contribution >= 4 is 23.5 Å². The molecule has 2 aromatic carbocycles. The summed E-state index contributed by atoms with van der Waals surface area (Å²) in [5.41, 5.74) is 0.380. The molecular formula is C17H12N2O6. The van der Waals surface area contributed by atoms with Crippen molar-refractivity contribution in [3.8, 4) is 0 Å². The van der Waals surface area contributed by atoms with E-state index in [0.29, 0.717) is 16.7 Å². The zero-order valence-corrected chi connectivity index (χ0v) is 13.1. The number of hydrogen-bond acceptors (Lipinski definition) is 6. The zero-order chi connectivity index (χ0) is 18.1. The van der Waals surface area contributed by atoms with Gasteiger partial charge in [-0.05, 0) is 23.8 Å². The molecule has 126 valence electrons. The highest BCUT2D eigenvalue weighted by Crippen LogP contribution is 2.26. The first-order valence-electron chi connectivity index (χ1n) is 7.25. The van der Waals surface area contributed by atoms with Crippen molar-refractivity contribution in [2.24, 2.45) is 0 Å². The normalized spacial score (nSPS) is 12.9. The molecule has 25 heavy (non-hydrogen) atoms. The smallest absolute Gasteiger partial charge is 0.344 e. The minimum atomic E-state index is -0.865. The van der Waals surface area contributed by atoms with Gasteiger partial charge in [0.2, 0.25) is 0 Å². The van der Waals surface area contributed by atoms with Gasteiger partial charge < -0.3 is 4.74 Å². The maximum Gasteiger partial charge on any atom is 0.344 e. The second-order valence-corrected chi connectivity index (χ2v) is 5.34. The van der Waals surface area contributed by atoms with E-state index in [-0.39, 0.29) is 12.1 Å². The van der Waals surface area contributed by atoms with E-state index >= 15 is 0 Å². The van der Waals surface area contributed by atoms with E-state index in [1.807, 2.05) is 0 Å². The minimum Gasteiger partial charge on any atom is -0.465 e. The van der Waals surface area contributed by atoms with Crippen LogP contribution in [0.4, 0.5) is 5.69 Å². The molecule has 0 N–H and O–H groups in total. The molecule has 1 aliphatic heterocycles. The van der Waals surface area contributed by atoms with Gasteiger partial charge in [0.15, 0.2) is 0 Å². The lowest BCUT2D eigenvalue weighted by Crippen LogP contribution is -2.29. The number of carbonyl (C=O) groups is 3. The van der Waals surface area contributed by atoms with Gasteiger partial charge >= 0.3 is 5.97 Å². The SMILES string of the molecule is COC(=O)c1cc(CN2C(=O)c3ccccc3C2=O)ccc1[N+](=O)[O-]. The molecule has 0 radical (unpaired) electrons. The molecule has 8 heteroatoms. The third-order valence-electron chi connectivity index (χ3n) is 3.88. The fourth-order valence-corrected chi connectivity index (χ4v) is 2.68. The molecule has 0 unspecified atom stereocenters. The summed E-state index contributed by atoms with van der Waals surface area (Å²) in [7, 11) is 1.11. The Morgan fingerprint density at radius 3 is 2.24 bits per heavy atom. The fraction of sp³-hybridized carbons (Fsp3) is 0.118. The second-order valence-electron chi connectivity index (χ2n) is 5.34. The number of nitro groups is 1. The van der Waals surface area contributed by atoms with E-state index in [0.717, 1.165) is 18.1 Å². The van der Waals surface area contributed by atoms with Gasteiger partial charge in [0.1, 0.15) is 5.56 Å². The summed E-state index contributed by atoms with van der Waals surface area (Å²) in [6.45, 7) is -0.103. The highest BCUT2D eigenvalue weighted by molar-refractivity contribution is 6.21. The molecule has 0 aromatic heterocycles. The number of ether oxygens (including phenoxy) is 1. The molecule has 0 atom stereocenters. The quantitative estimate of drug-likeness (QED) is 0.365. The van der Waals surface area contributed by atoms with Crippen molar-refractivity contribution in [1.29, 1.82) is 0 Å². The van der Waals surface area contributed by atoms with Gasteiger partial charge in [-0.2, -0.15) is 0 Å². The third-order valence-corrected chi connectivity index (χ3v) is 3.88. The molecule has 8 nitrogen and oxygen atoms in total. The zero-order valence-electron chi connectivity index (χ0n) is 13.1. The lowest BCUT2D eigenvalue weighted by atomic mass is 10.1. The van der Waals surface area contributed by atoms with E-state index < -0.39 is 28.4 Å². The molecule has 2 aromatic rings. The van der Waals surface area contributed by atoms with Crippen molar-refractivity contribution in [3.05, 3.63) is 74.8 Å². The molecule has 3 rings (SSSR count). The molecule has 0 spiro atoms. The number of nitrogens with zero attached hydrogens (tertiary/aromatic N) is 2. The minimum absolute atomic E-state index is 0.103. The van der Waals surface area contributed by atoms with Crippen LogP contribution in [0.25, 0.3) is 0 Å². The summed E-state index contributed by atoms with van der Waals surface area (Å²) in [6.07, 6.45) is 0. The number of hydrogen-bond donors (Lipinski definition) is 0. The first kappa shape index (κ1) is 16.3. The van der Waals surface area contributed by atoms with Crippen LogP contribution in [0.2, 0.25) is 0 Å². The molecule has 1 heterocycles. The standard InChI is InChI=1S/C17H12N2O6/c1-25-17(22)13-8-10(6-7-14(13)19(23)24)9-18-15(20)11-4-2-3-5-12(11)16(18)21/h2-8H,9H2,1H3. The Hall–Kier alpha value is -3.55. The van der Waals surface area contributed by atoms with Gasteiger partial charge in [0.05, 0.1) is 29.7 Å². The Kier molecular flexibility index (Phi) is 4.02. The van der Waals surface area contributed by atoms with Gasteiger partial charge in [0.25, 0.3) is 17.5 Å². The molecule has 0 saturated heterocycles. The van der Waals surface area contributed by atoms with Crippen LogP contribution in [0.5, 0.6) is 0 Å². The van der Waals surface area contributed by atoms with Gasteiger partial charge in [-0.15, -0.1) is 0 Å². The first-order valence-corrected chi connectivity index (χ1v) is 7.25. The number of carbonyl (C=O) groups excluding carboxylic acids is 3. The van der Waals surface area contributed by atoms with Crippen LogP contribution in [0, 0.1) is 10.1 Å². The van der Waals surface area contributed by atoms with Crippen LogP contribution in [-0.2, 0) is 11.3 Å². The van der Waals surface area contributed by atoms with Crippen LogP contribution in [0.1, 0.15) is 36.6 Å². The Morgan fingerprint density at radius 2 is 1.72 bits per heavy atom. The fourth-order valence-electron chi connectivity index (χ4n) is 2.68. The number of imide groups is 1. The predicted molar refractivity (Wildman–Crippen MR) is 85.1 cm³/mol. The Morgan fingerprint density at radius 1 is 1.12 bits per heavy atom. The van der Waals surface area contributed by atoms with E-state index in [1.54, 1.807) is 24.3 Å². The Balaban J connectivity index is 1.94. The van der Waals surface area contributed by atoms with E-state index in [9.17, 15) is 24.5 Å². The molecule has 0 fully saturated rings. The number of benzene rings is 2. The van der Waals surface area contributed by atoms with Crippen molar-refractivity contribution in [2.45, 2.75) is 6.54 Å². The monoisotopic (exact) mass is 340 g/mol. The van der Waals surface area contributed by atoms with Crippen LogP contribution < -0.4 is 0 Å². The molecule has 2 amide bonds. The average Bonchev–Trinajstić information content (AvgIpc) is 2.86. The summed E-state index contributed by atoms with van der Waals surface area (Å²) in [4.78, 5) is 47.9. The average molecular weight is 340 g/mol. The van der Waals surface area contributed by atoms with Crippen molar-refractivity contribution in [1.82, 2.24) is 4.90 Å². The summed E-state index contributed by atoms with van der Waals surface area (Å²) in [5, 5.41) is 11.0. The number of esters is 1. The first-order chi connectivity index (χ1) is 11.9. The number of fused-ring (bicyclic) bond motifs is 1. The van der Waals surface area contributed by atoms with Crippen LogP contribution in [0.15, 0.2) is 42.5 Å². The number of nitro benzene ring substituents is 1. The second kappa shape index (κ2) is 6.16. The van der Waals surface area contributed by atoms with Gasteiger partial charge in [-0.25, -0.2) is 4.79 Å². The number of methoxy groups -OCH3 is 1. The van der Waals surface area contributed by atoms with Crippen molar-refractivity contribution in [2.75, 3.05) is 7.11 Å². The van der Waals surface area contributed by atoms with Gasteiger partial charge in [-0.3, -0.25) is 24.6 Å². The lowest BCUT2D eigenvalue weighted by Gasteiger charge is -2.14. The predicted octanol–water partition coefficient (Wildman–Crippen LogP) is 2.18. The summed E-state index contributed by atoms with van der Waals surface area (Å²) >= 11 is 0.